The molecule has 0 fully saturated rings. The fourth-order valence-corrected chi connectivity index (χ4v) is 3.35. The highest BCUT2D eigenvalue weighted by molar-refractivity contribution is 8.00. The number of nitrogens with one attached hydrogen (secondary N) is 1. The van der Waals surface area contributed by atoms with E-state index in [1.165, 1.54) is 11.8 Å². The molecule has 2 aromatic carbocycles. The molecule has 1 atom stereocenters. The van der Waals surface area contributed by atoms with Gasteiger partial charge in [0.15, 0.2) is 0 Å². The van der Waals surface area contributed by atoms with E-state index in [-0.39, 0.29) is 5.91 Å². The van der Waals surface area contributed by atoms with E-state index in [1.807, 2.05) is 31.2 Å². The summed E-state index contributed by atoms with van der Waals surface area (Å²) in [6, 6.07) is 12.6. The minimum atomic E-state index is -0.445. The number of hydrogen-bond acceptors (Lipinski definition) is 5. The summed E-state index contributed by atoms with van der Waals surface area (Å²) in [6.45, 7) is 3.76. The standard InChI is InChI=1S/C18H15Cl2N3O2S/c1-10-3-5-12(6-4-10)17-22-23-18(25-17)26-11(2)16(24)21-15-8-13(19)7-14(20)9-15/h3-9,11H,1-2H3,(H,21,24). The van der Waals surface area contributed by atoms with Crippen LogP contribution in [-0.2, 0) is 4.79 Å². The first-order valence-corrected chi connectivity index (χ1v) is 9.38. The number of thioether (sulfide) groups is 1. The van der Waals surface area contributed by atoms with Gasteiger partial charge in [0.2, 0.25) is 11.8 Å². The third-order valence-electron chi connectivity index (χ3n) is 3.48. The van der Waals surface area contributed by atoms with Gasteiger partial charge in [-0.3, -0.25) is 4.79 Å². The molecule has 1 amide bonds. The molecule has 0 saturated heterocycles. The lowest BCUT2D eigenvalue weighted by Gasteiger charge is -2.10. The van der Waals surface area contributed by atoms with E-state index in [0.29, 0.717) is 26.8 Å². The quantitative estimate of drug-likeness (QED) is 0.567. The Kier molecular flexibility index (Phi) is 5.86. The Hall–Kier alpha value is -2.02. The number of carbonyl (C=O) groups excluding carboxylic acids is 1. The Labute approximate surface area is 165 Å². The van der Waals surface area contributed by atoms with Crippen molar-refractivity contribution in [2.24, 2.45) is 0 Å². The maximum Gasteiger partial charge on any atom is 0.277 e. The topological polar surface area (TPSA) is 68.0 Å². The van der Waals surface area contributed by atoms with Gasteiger partial charge in [-0.05, 0) is 44.2 Å². The Morgan fingerprint density at radius 1 is 1.12 bits per heavy atom. The van der Waals surface area contributed by atoms with Crippen molar-refractivity contribution in [1.82, 2.24) is 10.2 Å². The first-order valence-electron chi connectivity index (χ1n) is 7.75. The van der Waals surface area contributed by atoms with E-state index in [9.17, 15) is 4.79 Å². The predicted octanol–water partition coefficient (Wildman–Crippen LogP) is 5.47. The fraction of sp³-hybridized carbons (Fsp3) is 0.167. The molecule has 0 bridgehead atoms. The zero-order chi connectivity index (χ0) is 18.7. The molecule has 0 spiro atoms. The van der Waals surface area contributed by atoms with E-state index >= 15 is 0 Å². The molecule has 0 radical (unpaired) electrons. The Bertz CT molecular complexity index is 908. The monoisotopic (exact) mass is 407 g/mol. The van der Waals surface area contributed by atoms with Crippen LogP contribution in [-0.4, -0.2) is 21.4 Å². The summed E-state index contributed by atoms with van der Waals surface area (Å²) in [7, 11) is 0. The maximum atomic E-state index is 12.3. The fourth-order valence-electron chi connectivity index (χ4n) is 2.14. The van der Waals surface area contributed by atoms with Crippen molar-refractivity contribution in [3.63, 3.8) is 0 Å². The Morgan fingerprint density at radius 3 is 2.42 bits per heavy atom. The lowest BCUT2D eigenvalue weighted by molar-refractivity contribution is -0.115. The van der Waals surface area contributed by atoms with Crippen LogP contribution in [0.5, 0.6) is 0 Å². The highest BCUT2D eigenvalue weighted by atomic mass is 35.5. The van der Waals surface area contributed by atoms with Crippen molar-refractivity contribution in [2.75, 3.05) is 5.32 Å². The first kappa shape index (κ1) is 18.8. The molecule has 3 rings (SSSR count). The number of anilines is 1. The van der Waals surface area contributed by atoms with Gasteiger partial charge in [-0.1, -0.05) is 52.7 Å². The van der Waals surface area contributed by atoms with E-state index in [2.05, 4.69) is 15.5 Å². The maximum absolute atomic E-state index is 12.3. The van der Waals surface area contributed by atoms with Crippen LogP contribution >= 0.6 is 35.0 Å². The highest BCUT2D eigenvalue weighted by Crippen LogP contribution is 2.28. The number of aryl methyl sites for hydroxylation is 1. The molecule has 134 valence electrons. The van der Waals surface area contributed by atoms with Gasteiger partial charge in [-0.2, -0.15) is 0 Å². The number of hydrogen-bond donors (Lipinski definition) is 1. The number of rotatable bonds is 5. The van der Waals surface area contributed by atoms with Gasteiger partial charge in [-0.25, -0.2) is 0 Å². The number of carbonyl (C=O) groups is 1. The summed E-state index contributed by atoms with van der Waals surface area (Å²) < 4.78 is 5.64. The molecular formula is C18H15Cl2N3O2S. The van der Waals surface area contributed by atoms with Crippen molar-refractivity contribution in [2.45, 2.75) is 24.3 Å². The van der Waals surface area contributed by atoms with Crippen LogP contribution in [0.1, 0.15) is 12.5 Å². The first-order chi connectivity index (χ1) is 12.4. The molecule has 0 aliphatic heterocycles. The summed E-state index contributed by atoms with van der Waals surface area (Å²) in [5, 5.41) is 11.6. The SMILES string of the molecule is Cc1ccc(-c2nnc(SC(C)C(=O)Nc3cc(Cl)cc(Cl)c3)o2)cc1. The Balaban J connectivity index is 1.65. The second kappa shape index (κ2) is 8.12. The molecule has 5 nitrogen and oxygen atoms in total. The molecule has 0 saturated carbocycles. The van der Waals surface area contributed by atoms with Crippen molar-refractivity contribution in [3.05, 3.63) is 58.1 Å². The van der Waals surface area contributed by atoms with Gasteiger partial charge in [0.25, 0.3) is 5.22 Å². The number of benzene rings is 2. The minimum absolute atomic E-state index is 0.219. The normalized spacial score (nSPS) is 12.0. The van der Waals surface area contributed by atoms with E-state index in [1.54, 1.807) is 25.1 Å². The van der Waals surface area contributed by atoms with Gasteiger partial charge in [0, 0.05) is 21.3 Å². The molecule has 8 heteroatoms. The smallest absolute Gasteiger partial charge is 0.277 e. The summed E-state index contributed by atoms with van der Waals surface area (Å²) in [5.74, 6) is 0.199. The van der Waals surface area contributed by atoms with E-state index < -0.39 is 5.25 Å². The van der Waals surface area contributed by atoms with Gasteiger partial charge >= 0.3 is 0 Å². The van der Waals surface area contributed by atoms with Gasteiger partial charge < -0.3 is 9.73 Å². The van der Waals surface area contributed by atoms with Crippen LogP contribution < -0.4 is 5.32 Å². The van der Waals surface area contributed by atoms with Crippen molar-refractivity contribution in [1.29, 1.82) is 0 Å². The van der Waals surface area contributed by atoms with Crippen LogP contribution in [0.2, 0.25) is 10.0 Å². The van der Waals surface area contributed by atoms with Gasteiger partial charge in [0.05, 0.1) is 5.25 Å². The number of nitrogens with zero attached hydrogens (tertiary/aromatic N) is 2. The lowest BCUT2D eigenvalue weighted by atomic mass is 10.1. The minimum Gasteiger partial charge on any atom is -0.411 e. The molecular weight excluding hydrogens is 393 g/mol. The summed E-state index contributed by atoms with van der Waals surface area (Å²) in [4.78, 5) is 12.3. The molecule has 1 unspecified atom stereocenters. The van der Waals surface area contributed by atoms with Gasteiger partial charge in [0.1, 0.15) is 0 Å². The molecule has 1 N–H and O–H groups in total. The zero-order valence-electron chi connectivity index (χ0n) is 14.0. The molecule has 0 aliphatic carbocycles. The second-order valence-electron chi connectivity index (χ2n) is 5.65. The summed E-state index contributed by atoms with van der Waals surface area (Å²) in [5.41, 5.74) is 2.51. The molecule has 1 heterocycles. The third-order valence-corrected chi connectivity index (χ3v) is 4.85. The van der Waals surface area contributed by atoms with Crippen molar-refractivity contribution in [3.8, 4) is 11.5 Å². The van der Waals surface area contributed by atoms with Crippen molar-refractivity contribution < 1.29 is 9.21 Å². The van der Waals surface area contributed by atoms with Gasteiger partial charge in [-0.15, -0.1) is 10.2 Å². The average molecular weight is 408 g/mol. The number of aromatic nitrogens is 2. The van der Waals surface area contributed by atoms with Crippen LogP contribution in [0.15, 0.2) is 52.1 Å². The van der Waals surface area contributed by atoms with Crippen LogP contribution in [0.25, 0.3) is 11.5 Å². The lowest BCUT2D eigenvalue weighted by Crippen LogP contribution is -2.22. The zero-order valence-corrected chi connectivity index (χ0v) is 16.3. The molecule has 1 aromatic heterocycles. The largest absolute Gasteiger partial charge is 0.411 e. The predicted molar refractivity (Wildman–Crippen MR) is 105 cm³/mol. The van der Waals surface area contributed by atoms with Crippen molar-refractivity contribution >= 4 is 46.6 Å². The van der Waals surface area contributed by atoms with Crippen LogP contribution in [0.3, 0.4) is 0 Å². The molecule has 3 aromatic rings. The molecule has 0 aliphatic rings. The van der Waals surface area contributed by atoms with E-state index in [4.69, 9.17) is 27.6 Å². The molecule has 26 heavy (non-hydrogen) atoms. The van der Waals surface area contributed by atoms with Crippen LogP contribution in [0, 0.1) is 6.92 Å². The van der Waals surface area contributed by atoms with Crippen LogP contribution in [0.4, 0.5) is 5.69 Å². The summed E-state index contributed by atoms with van der Waals surface area (Å²) >= 11 is 13.1. The average Bonchev–Trinajstić information content (AvgIpc) is 3.03. The third kappa shape index (κ3) is 4.78. The Morgan fingerprint density at radius 2 is 1.77 bits per heavy atom. The van der Waals surface area contributed by atoms with E-state index in [0.717, 1.165) is 11.1 Å². The second-order valence-corrected chi connectivity index (χ2v) is 7.81. The summed E-state index contributed by atoms with van der Waals surface area (Å²) in [6.07, 6.45) is 0. The number of amides is 1. The highest BCUT2D eigenvalue weighted by Gasteiger charge is 2.19. The number of halogens is 2.